The van der Waals surface area contributed by atoms with Gasteiger partial charge in [0.25, 0.3) is 0 Å². The summed E-state index contributed by atoms with van der Waals surface area (Å²) in [7, 11) is 1.57. The van der Waals surface area contributed by atoms with Crippen LogP contribution >= 0.6 is 27.5 Å². The van der Waals surface area contributed by atoms with E-state index in [9.17, 15) is 9.90 Å². The van der Waals surface area contributed by atoms with Gasteiger partial charge in [-0.15, -0.1) is 0 Å². The van der Waals surface area contributed by atoms with Crippen molar-refractivity contribution in [2.75, 3.05) is 7.11 Å². The largest absolute Gasteiger partial charge is 0.493 e. The molecular formula is C26H24BrClN2O4. The van der Waals surface area contributed by atoms with Gasteiger partial charge in [-0.25, -0.2) is 0 Å². The number of halogens is 2. The maximum atomic E-state index is 11.9. The molecule has 6 nitrogen and oxygen atoms in total. The third kappa shape index (κ3) is 5.55. The third-order valence-electron chi connectivity index (χ3n) is 5.57. The lowest BCUT2D eigenvalue weighted by molar-refractivity contribution is -0.139. The molecule has 0 amide bonds. The SMILES string of the molecule is COc1cc(CN[C@@H](Cc2c[nH]c3ccccc23)C(=O)O)cc(Br)c1OCc1ccccc1Cl. The number of hydrogen-bond acceptors (Lipinski definition) is 4. The fraction of sp³-hybridized carbons (Fsp3) is 0.192. The van der Waals surface area contributed by atoms with E-state index in [-0.39, 0.29) is 6.61 Å². The smallest absolute Gasteiger partial charge is 0.321 e. The van der Waals surface area contributed by atoms with E-state index < -0.39 is 12.0 Å². The highest BCUT2D eigenvalue weighted by atomic mass is 79.9. The minimum atomic E-state index is -0.906. The van der Waals surface area contributed by atoms with Crippen molar-refractivity contribution in [3.05, 3.63) is 93.0 Å². The predicted octanol–water partition coefficient (Wildman–Crippen LogP) is 5.96. The van der Waals surface area contributed by atoms with Crippen LogP contribution < -0.4 is 14.8 Å². The van der Waals surface area contributed by atoms with Crippen molar-refractivity contribution in [1.82, 2.24) is 10.3 Å². The molecule has 0 fully saturated rings. The standard InChI is InChI=1S/C26H24BrClN2O4/c1-33-24-11-16(10-20(27)25(24)34-15-17-6-2-4-8-21(17)28)13-29-23(26(31)32)12-18-14-30-22-9-5-3-7-19(18)22/h2-11,14,23,29-30H,12-13,15H2,1H3,(H,31,32)/t23-/m0/s1. The Hall–Kier alpha value is -3.00. The predicted molar refractivity (Wildman–Crippen MR) is 137 cm³/mol. The zero-order valence-electron chi connectivity index (χ0n) is 18.5. The van der Waals surface area contributed by atoms with Crippen molar-refractivity contribution >= 4 is 44.4 Å². The number of rotatable bonds is 10. The molecular weight excluding hydrogens is 520 g/mol. The summed E-state index contributed by atoms with van der Waals surface area (Å²) in [4.78, 5) is 15.1. The molecule has 3 N–H and O–H groups in total. The van der Waals surface area contributed by atoms with Crippen LogP contribution in [0.2, 0.25) is 5.02 Å². The van der Waals surface area contributed by atoms with Crippen molar-refractivity contribution in [3.63, 3.8) is 0 Å². The van der Waals surface area contributed by atoms with Crippen LogP contribution in [0.5, 0.6) is 11.5 Å². The maximum absolute atomic E-state index is 11.9. The van der Waals surface area contributed by atoms with Crippen molar-refractivity contribution in [2.45, 2.75) is 25.6 Å². The summed E-state index contributed by atoms with van der Waals surface area (Å²) in [5.74, 6) is 0.192. The molecule has 0 spiro atoms. The lowest BCUT2D eigenvalue weighted by Gasteiger charge is -2.17. The minimum Gasteiger partial charge on any atom is -0.493 e. The summed E-state index contributed by atoms with van der Waals surface area (Å²) in [5, 5.41) is 14.6. The summed E-state index contributed by atoms with van der Waals surface area (Å²) in [6.45, 7) is 0.636. The summed E-state index contributed by atoms with van der Waals surface area (Å²) >= 11 is 9.78. The molecule has 0 saturated carbocycles. The summed E-state index contributed by atoms with van der Waals surface area (Å²) in [6, 6.07) is 18.3. The number of carboxylic acids is 1. The number of fused-ring (bicyclic) bond motifs is 1. The zero-order valence-corrected chi connectivity index (χ0v) is 20.8. The molecule has 4 aromatic rings. The van der Waals surface area contributed by atoms with E-state index in [4.69, 9.17) is 21.1 Å². The van der Waals surface area contributed by atoms with Gasteiger partial charge < -0.3 is 24.9 Å². The lowest BCUT2D eigenvalue weighted by atomic mass is 10.0. The monoisotopic (exact) mass is 542 g/mol. The normalized spacial score (nSPS) is 12.0. The second-order valence-corrected chi connectivity index (χ2v) is 9.09. The minimum absolute atomic E-state index is 0.290. The Morgan fingerprint density at radius 3 is 2.68 bits per heavy atom. The van der Waals surface area contributed by atoms with Gasteiger partial charge in [0, 0.05) is 40.7 Å². The van der Waals surface area contributed by atoms with Crippen LogP contribution in [0.1, 0.15) is 16.7 Å². The van der Waals surface area contributed by atoms with Gasteiger partial charge >= 0.3 is 5.97 Å². The number of H-pyrrole nitrogens is 1. The molecule has 0 bridgehead atoms. The highest BCUT2D eigenvalue weighted by Crippen LogP contribution is 2.37. The number of ether oxygens (including phenoxy) is 2. The first-order valence-electron chi connectivity index (χ1n) is 10.7. The van der Waals surface area contributed by atoms with Crippen LogP contribution in [-0.2, 0) is 24.4 Å². The summed E-state index contributed by atoms with van der Waals surface area (Å²) in [5.41, 5.74) is 3.67. The number of carbonyl (C=O) groups is 1. The summed E-state index contributed by atoms with van der Waals surface area (Å²) in [6.07, 6.45) is 2.23. The number of methoxy groups -OCH3 is 1. The van der Waals surface area contributed by atoms with Crippen LogP contribution in [0.25, 0.3) is 10.9 Å². The van der Waals surface area contributed by atoms with E-state index in [1.807, 2.05) is 66.9 Å². The summed E-state index contributed by atoms with van der Waals surface area (Å²) < 4.78 is 12.2. The number of aromatic amines is 1. The van der Waals surface area contributed by atoms with Crippen LogP contribution in [0.4, 0.5) is 0 Å². The molecule has 4 rings (SSSR count). The Kier molecular flexibility index (Phi) is 7.77. The van der Waals surface area contributed by atoms with Gasteiger partial charge in [-0.2, -0.15) is 0 Å². The van der Waals surface area contributed by atoms with E-state index in [1.54, 1.807) is 7.11 Å². The first-order chi connectivity index (χ1) is 16.5. The Balaban J connectivity index is 1.46. The number of nitrogens with one attached hydrogen (secondary N) is 2. The molecule has 0 radical (unpaired) electrons. The molecule has 3 aromatic carbocycles. The van der Waals surface area contributed by atoms with Gasteiger partial charge in [-0.3, -0.25) is 4.79 Å². The fourth-order valence-corrected chi connectivity index (χ4v) is 4.58. The Morgan fingerprint density at radius 2 is 1.91 bits per heavy atom. The van der Waals surface area contributed by atoms with Gasteiger partial charge in [0.2, 0.25) is 0 Å². The van der Waals surface area contributed by atoms with Gasteiger partial charge in [-0.05, 0) is 51.3 Å². The van der Waals surface area contributed by atoms with Gasteiger partial charge in [0.05, 0.1) is 11.6 Å². The molecule has 1 heterocycles. The molecule has 0 aliphatic carbocycles. The average Bonchev–Trinajstić information content (AvgIpc) is 3.24. The topological polar surface area (TPSA) is 83.6 Å². The molecule has 0 aliphatic heterocycles. The van der Waals surface area contributed by atoms with Crippen LogP contribution in [-0.4, -0.2) is 29.2 Å². The van der Waals surface area contributed by atoms with E-state index in [0.29, 0.717) is 34.0 Å². The Morgan fingerprint density at radius 1 is 1.15 bits per heavy atom. The van der Waals surface area contributed by atoms with Crippen molar-refractivity contribution in [1.29, 1.82) is 0 Å². The number of aromatic nitrogens is 1. The van der Waals surface area contributed by atoms with Gasteiger partial charge in [0.1, 0.15) is 12.6 Å². The van der Waals surface area contributed by atoms with Crippen molar-refractivity contribution in [3.8, 4) is 11.5 Å². The number of benzene rings is 3. The third-order valence-corrected chi connectivity index (χ3v) is 6.53. The van der Waals surface area contributed by atoms with E-state index in [2.05, 4.69) is 26.2 Å². The molecule has 8 heteroatoms. The molecule has 34 heavy (non-hydrogen) atoms. The Labute approximate surface area is 211 Å². The van der Waals surface area contributed by atoms with Gasteiger partial charge in [-0.1, -0.05) is 48.0 Å². The molecule has 0 unspecified atom stereocenters. The number of carboxylic acid groups (broad SMARTS) is 1. The van der Waals surface area contributed by atoms with Crippen LogP contribution in [0.15, 0.2) is 71.3 Å². The molecule has 176 valence electrons. The Bertz CT molecular complexity index is 1310. The number of hydrogen-bond donors (Lipinski definition) is 3. The van der Waals surface area contributed by atoms with Crippen molar-refractivity contribution in [2.24, 2.45) is 0 Å². The lowest BCUT2D eigenvalue weighted by Crippen LogP contribution is -2.38. The van der Waals surface area contributed by atoms with Crippen LogP contribution in [0.3, 0.4) is 0 Å². The fourth-order valence-electron chi connectivity index (χ4n) is 3.79. The first-order valence-corrected chi connectivity index (χ1v) is 11.9. The second kappa shape index (κ2) is 11.0. The first kappa shape index (κ1) is 24.1. The molecule has 1 aromatic heterocycles. The second-order valence-electron chi connectivity index (χ2n) is 7.82. The van der Waals surface area contributed by atoms with Crippen LogP contribution in [0, 0.1) is 0 Å². The zero-order chi connectivity index (χ0) is 24.1. The highest BCUT2D eigenvalue weighted by molar-refractivity contribution is 9.10. The van der Waals surface area contributed by atoms with E-state index in [1.165, 1.54) is 0 Å². The maximum Gasteiger partial charge on any atom is 0.321 e. The number of para-hydroxylation sites is 1. The quantitative estimate of drug-likeness (QED) is 0.230. The van der Waals surface area contributed by atoms with Crippen molar-refractivity contribution < 1.29 is 19.4 Å². The molecule has 1 atom stereocenters. The average molecular weight is 544 g/mol. The molecule has 0 aliphatic rings. The van der Waals surface area contributed by atoms with E-state index in [0.717, 1.165) is 27.6 Å². The highest BCUT2D eigenvalue weighted by Gasteiger charge is 2.20. The van der Waals surface area contributed by atoms with Gasteiger partial charge in [0.15, 0.2) is 11.5 Å². The van der Waals surface area contributed by atoms with E-state index >= 15 is 0 Å². The molecule has 0 saturated heterocycles. The number of aliphatic carboxylic acids is 1.